The number of anilines is 2. The fourth-order valence-corrected chi connectivity index (χ4v) is 4.11. The van der Waals surface area contributed by atoms with Crippen LogP contribution in [0.1, 0.15) is 24.1 Å². The number of carbonyl (C=O) groups excluding carboxylic acids is 2. The van der Waals surface area contributed by atoms with Crippen LogP contribution in [-0.2, 0) is 16.1 Å². The van der Waals surface area contributed by atoms with E-state index in [1.54, 1.807) is 6.07 Å². The first kappa shape index (κ1) is 23.6. The van der Waals surface area contributed by atoms with Crippen molar-refractivity contribution in [2.24, 2.45) is 0 Å². The summed E-state index contributed by atoms with van der Waals surface area (Å²) in [5, 5.41) is 3.24. The van der Waals surface area contributed by atoms with E-state index in [0.29, 0.717) is 24.9 Å². The summed E-state index contributed by atoms with van der Waals surface area (Å²) in [5.74, 6) is 0.640. The topological polar surface area (TPSA) is 90.9 Å². The Morgan fingerprint density at radius 2 is 2.00 bits per heavy atom. The molecule has 1 unspecified atom stereocenters. The Bertz CT molecular complexity index is 1030. The molecule has 2 aromatic rings. The van der Waals surface area contributed by atoms with Gasteiger partial charge < -0.3 is 15.0 Å². The van der Waals surface area contributed by atoms with E-state index >= 15 is 0 Å². The Balaban J connectivity index is 1.34. The molecule has 34 heavy (non-hydrogen) atoms. The minimum atomic E-state index is -0.704. The van der Waals surface area contributed by atoms with Crippen LogP contribution < -0.4 is 10.2 Å². The molecular formula is C24H29FN6O3. The molecule has 1 N–H and O–H groups in total. The molecule has 1 aromatic carbocycles. The van der Waals surface area contributed by atoms with Gasteiger partial charge in [0.2, 0.25) is 11.9 Å². The number of nitrogens with zero attached hydrogens (tertiary/aromatic N) is 5. The van der Waals surface area contributed by atoms with Crippen molar-refractivity contribution in [3.8, 4) is 0 Å². The third-order valence-electron chi connectivity index (χ3n) is 6.12. The summed E-state index contributed by atoms with van der Waals surface area (Å²) >= 11 is 0. The summed E-state index contributed by atoms with van der Waals surface area (Å²) in [5.41, 5.74) is 2.25. The maximum Gasteiger partial charge on any atom is 0.416 e. The minimum absolute atomic E-state index is 0.00742. The Morgan fingerprint density at radius 3 is 2.68 bits per heavy atom. The number of rotatable bonds is 8. The lowest BCUT2D eigenvalue weighted by atomic mass is 10.1. The first-order valence-corrected chi connectivity index (χ1v) is 11.3. The number of alkyl halides is 1. The van der Waals surface area contributed by atoms with Gasteiger partial charge in [-0.2, -0.15) is 4.98 Å². The molecule has 0 aliphatic carbocycles. The molecule has 0 saturated carbocycles. The van der Waals surface area contributed by atoms with Crippen LogP contribution in [0.25, 0.3) is 0 Å². The average Bonchev–Trinajstić information content (AvgIpc) is 3.25. The number of aromatic nitrogens is 2. The molecule has 0 spiro atoms. The number of ether oxygens (including phenoxy) is 1. The third-order valence-corrected chi connectivity index (χ3v) is 6.12. The highest BCUT2D eigenvalue weighted by atomic mass is 19.1. The van der Waals surface area contributed by atoms with Crippen molar-refractivity contribution in [2.45, 2.75) is 25.6 Å². The van der Waals surface area contributed by atoms with Gasteiger partial charge >= 0.3 is 6.09 Å². The van der Waals surface area contributed by atoms with E-state index in [0.717, 1.165) is 25.2 Å². The summed E-state index contributed by atoms with van der Waals surface area (Å²) in [6.07, 6.45) is 2.29. The number of carbonyl (C=O) groups is 2. The average molecular weight is 469 g/mol. The van der Waals surface area contributed by atoms with Gasteiger partial charge in [-0.25, -0.2) is 14.2 Å². The molecule has 3 heterocycles. The molecule has 2 saturated heterocycles. The molecule has 2 aliphatic heterocycles. The van der Waals surface area contributed by atoms with E-state index < -0.39 is 18.8 Å². The second kappa shape index (κ2) is 10.6. The molecule has 2 fully saturated rings. The lowest BCUT2D eigenvalue weighted by Crippen LogP contribution is -2.47. The lowest BCUT2D eigenvalue weighted by molar-refractivity contribution is -0.127. The monoisotopic (exact) mass is 468 g/mol. The number of nitrogens with one attached hydrogen (secondary N) is 1. The number of benzene rings is 1. The van der Waals surface area contributed by atoms with Crippen molar-refractivity contribution < 1.29 is 18.7 Å². The summed E-state index contributed by atoms with van der Waals surface area (Å²) in [4.78, 5) is 37.7. The van der Waals surface area contributed by atoms with Crippen molar-refractivity contribution >= 4 is 23.8 Å². The Labute approximate surface area is 198 Å². The fourth-order valence-electron chi connectivity index (χ4n) is 4.11. The second-order valence-corrected chi connectivity index (χ2v) is 8.41. The zero-order valence-corrected chi connectivity index (χ0v) is 19.2. The fraction of sp³-hybridized carbons (Fsp3) is 0.417. The zero-order chi connectivity index (χ0) is 24.1. The molecule has 4 rings (SSSR count). The van der Waals surface area contributed by atoms with Gasteiger partial charge in [0.25, 0.3) is 0 Å². The highest BCUT2D eigenvalue weighted by Crippen LogP contribution is 2.24. The molecule has 180 valence electrons. The van der Waals surface area contributed by atoms with E-state index in [2.05, 4.69) is 51.0 Å². The van der Waals surface area contributed by atoms with Gasteiger partial charge in [0.05, 0.1) is 6.04 Å². The van der Waals surface area contributed by atoms with Gasteiger partial charge in [-0.3, -0.25) is 14.6 Å². The molecule has 9 nitrogen and oxygen atoms in total. The Morgan fingerprint density at radius 1 is 1.26 bits per heavy atom. The van der Waals surface area contributed by atoms with Gasteiger partial charge in [-0.1, -0.05) is 30.8 Å². The van der Waals surface area contributed by atoms with E-state index in [1.807, 2.05) is 11.8 Å². The van der Waals surface area contributed by atoms with E-state index in [1.165, 1.54) is 22.7 Å². The molecule has 10 heteroatoms. The minimum Gasteiger partial charge on any atom is -0.447 e. The summed E-state index contributed by atoms with van der Waals surface area (Å²) in [6.45, 7) is 8.77. The molecule has 0 bridgehead atoms. The van der Waals surface area contributed by atoms with Gasteiger partial charge in [-0.05, 0) is 30.2 Å². The molecule has 0 radical (unpaired) electrons. The van der Waals surface area contributed by atoms with Crippen LogP contribution in [0.2, 0.25) is 0 Å². The van der Waals surface area contributed by atoms with Gasteiger partial charge in [0.15, 0.2) is 0 Å². The Kier molecular flexibility index (Phi) is 7.36. The lowest BCUT2D eigenvalue weighted by Gasteiger charge is -2.34. The van der Waals surface area contributed by atoms with Gasteiger partial charge in [0.1, 0.15) is 25.1 Å². The van der Waals surface area contributed by atoms with Crippen LogP contribution >= 0.6 is 0 Å². The van der Waals surface area contributed by atoms with Gasteiger partial charge in [0, 0.05) is 38.9 Å². The number of halogens is 1. The number of hydrogen-bond acceptors (Lipinski definition) is 7. The van der Waals surface area contributed by atoms with E-state index in [9.17, 15) is 14.0 Å². The predicted octanol–water partition coefficient (Wildman–Crippen LogP) is 2.77. The molecule has 2 aliphatic rings. The molecule has 2 amide bonds. The molecule has 2 atom stereocenters. The quantitative estimate of drug-likeness (QED) is 0.596. The van der Waals surface area contributed by atoms with Crippen molar-refractivity contribution in [3.05, 3.63) is 60.3 Å². The number of hydrogen-bond donors (Lipinski definition) is 1. The first-order valence-electron chi connectivity index (χ1n) is 11.3. The summed E-state index contributed by atoms with van der Waals surface area (Å²) in [7, 11) is 0. The maximum absolute atomic E-state index is 13.2. The highest BCUT2D eigenvalue weighted by molar-refractivity contribution is 5.89. The van der Waals surface area contributed by atoms with Crippen molar-refractivity contribution in [1.29, 1.82) is 0 Å². The van der Waals surface area contributed by atoms with Crippen LogP contribution in [0, 0.1) is 0 Å². The zero-order valence-electron chi connectivity index (χ0n) is 19.2. The van der Waals surface area contributed by atoms with E-state index in [4.69, 9.17) is 4.74 Å². The number of cyclic esters (lactones) is 1. The smallest absolute Gasteiger partial charge is 0.416 e. The van der Waals surface area contributed by atoms with Crippen LogP contribution in [0.3, 0.4) is 0 Å². The van der Waals surface area contributed by atoms with Crippen LogP contribution in [-0.4, -0.2) is 77.3 Å². The SMILES string of the molecule is C=CC(=O)N1CCN(Cc2ccc(C(C)Nc3nccc(N4C(=O)OC[C@@H]4CF)n3)cc2)CC1. The normalized spacial score (nSPS) is 19.6. The standard InChI is InChI=1S/C24H29FN6O3/c1-3-22(32)30-12-10-29(11-13-30)15-18-4-6-19(7-5-18)17(2)27-23-26-9-8-21(28-23)31-20(14-25)16-34-24(31)33/h3-9,17,20H,1,10-16H2,2H3,(H,26,27,28)/t17?,20-/m0/s1. The van der Waals surface area contributed by atoms with Crippen molar-refractivity contribution in [3.63, 3.8) is 0 Å². The molecular weight excluding hydrogens is 439 g/mol. The largest absolute Gasteiger partial charge is 0.447 e. The Hall–Kier alpha value is -3.53. The predicted molar refractivity (Wildman–Crippen MR) is 126 cm³/mol. The van der Waals surface area contributed by atoms with Crippen molar-refractivity contribution in [2.75, 3.05) is 49.7 Å². The van der Waals surface area contributed by atoms with Crippen LogP contribution in [0.4, 0.5) is 21.0 Å². The summed E-state index contributed by atoms with van der Waals surface area (Å²) < 4.78 is 18.2. The van der Waals surface area contributed by atoms with Gasteiger partial charge in [-0.15, -0.1) is 0 Å². The van der Waals surface area contributed by atoms with Crippen LogP contribution in [0.5, 0.6) is 0 Å². The third kappa shape index (κ3) is 5.33. The van der Waals surface area contributed by atoms with E-state index in [-0.39, 0.29) is 18.6 Å². The highest BCUT2D eigenvalue weighted by Gasteiger charge is 2.35. The molecule has 1 aromatic heterocycles. The maximum atomic E-state index is 13.2. The number of piperazine rings is 1. The summed E-state index contributed by atoms with van der Waals surface area (Å²) in [6, 6.07) is 9.12. The second-order valence-electron chi connectivity index (χ2n) is 8.41. The first-order chi connectivity index (χ1) is 16.5. The van der Waals surface area contributed by atoms with Crippen molar-refractivity contribution in [1.82, 2.24) is 19.8 Å². The number of amides is 2. The van der Waals surface area contributed by atoms with Crippen LogP contribution in [0.15, 0.2) is 49.2 Å².